The Hall–Kier alpha value is -1.73. The summed E-state index contributed by atoms with van der Waals surface area (Å²) < 4.78 is 32.3. The molecule has 1 N–H and O–H groups in total. The van der Waals surface area contributed by atoms with E-state index >= 15 is 0 Å². The SMILES string of the molecule is COC(=O)CSc1nnc(NC(=O)c2ccc(Cl)c(S(=O)(=O)N3CCCCC3)c2)s1. The highest BCUT2D eigenvalue weighted by molar-refractivity contribution is 8.01. The van der Waals surface area contributed by atoms with Crippen LogP contribution in [-0.4, -0.2) is 60.7 Å². The second kappa shape index (κ2) is 10.1. The number of hydrogen-bond donors (Lipinski definition) is 1. The molecule has 0 unspecified atom stereocenters. The predicted octanol–water partition coefficient (Wildman–Crippen LogP) is 2.88. The van der Waals surface area contributed by atoms with Crippen molar-refractivity contribution < 1.29 is 22.7 Å². The number of amides is 1. The highest BCUT2D eigenvalue weighted by Crippen LogP contribution is 2.29. The third kappa shape index (κ3) is 5.49. The Bertz CT molecular complexity index is 1040. The van der Waals surface area contributed by atoms with Gasteiger partial charge in [0.05, 0.1) is 17.9 Å². The molecule has 0 radical (unpaired) electrons. The fourth-order valence-corrected chi connectivity index (χ4v) is 6.35. The van der Waals surface area contributed by atoms with Crippen molar-refractivity contribution in [1.82, 2.24) is 14.5 Å². The maximum absolute atomic E-state index is 12.9. The van der Waals surface area contributed by atoms with Crippen molar-refractivity contribution in [2.75, 3.05) is 31.3 Å². The summed E-state index contributed by atoms with van der Waals surface area (Å²) in [6.07, 6.45) is 2.58. The van der Waals surface area contributed by atoms with Crippen LogP contribution in [0.25, 0.3) is 0 Å². The van der Waals surface area contributed by atoms with E-state index in [1.807, 2.05) is 0 Å². The second-order valence-corrected chi connectivity index (χ2v) is 10.8. The topological polar surface area (TPSA) is 119 Å². The Morgan fingerprint density at radius 1 is 1.27 bits per heavy atom. The van der Waals surface area contributed by atoms with Crippen LogP contribution in [0.4, 0.5) is 5.13 Å². The van der Waals surface area contributed by atoms with Crippen molar-refractivity contribution in [3.05, 3.63) is 28.8 Å². The minimum Gasteiger partial charge on any atom is -0.468 e. The van der Waals surface area contributed by atoms with Crippen LogP contribution in [0.2, 0.25) is 5.02 Å². The van der Waals surface area contributed by atoms with Gasteiger partial charge in [-0.25, -0.2) is 8.42 Å². The smallest absolute Gasteiger partial charge is 0.316 e. The first-order chi connectivity index (χ1) is 14.3. The molecule has 1 aliphatic heterocycles. The van der Waals surface area contributed by atoms with E-state index in [1.165, 1.54) is 29.6 Å². The van der Waals surface area contributed by atoms with Crippen LogP contribution < -0.4 is 5.32 Å². The number of sulfonamides is 1. The van der Waals surface area contributed by atoms with E-state index in [0.717, 1.165) is 42.4 Å². The first kappa shape index (κ1) is 22.9. The molecule has 1 amide bonds. The summed E-state index contributed by atoms with van der Waals surface area (Å²) >= 11 is 8.37. The zero-order valence-electron chi connectivity index (χ0n) is 16.0. The molecule has 2 heterocycles. The molecule has 30 heavy (non-hydrogen) atoms. The summed E-state index contributed by atoms with van der Waals surface area (Å²) in [5.74, 6) is -0.861. The van der Waals surface area contributed by atoms with Gasteiger partial charge in [-0.3, -0.25) is 14.9 Å². The van der Waals surface area contributed by atoms with Crippen molar-refractivity contribution in [3.63, 3.8) is 0 Å². The number of halogens is 1. The first-order valence-electron chi connectivity index (χ1n) is 8.95. The Morgan fingerprint density at radius 3 is 2.70 bits per heavy atom. The summed E-state index contributed by atoms with van der Waals surface area (Å²) in [4.78, 5) is 23.7. The average Bonchev–Trinajstić information content (AvgIpc) is 3.20. The predicted molar refractivity (Wildman–Crippen MR) is 115 cm³/mol. The van der Waals surface area contributed by atoms with E-state index < -0.39 is 21.9 Å². The van der Waals surface area contributed by atoms with Crippen LogP contribution in [0.15, 0.2) is 27.4 Å². The Labute approximate surface area is 187 Å². The molecule has 1 saturated heterocycles. The van der Waals surface area contributed by atoms with Crippen LogP contribution in [0, 0.1) is 0 Å². The molecule has 1 aromatic heterocycles. The summed E-state index contributed by atoms with van der Waals surface area (Å²) in [5.41, 5.74) is 0.133. The van der Waals surface area contributed by atoms with Crippen LogP contribution in [-0.2, 0) is 19.6 Å². The van der Waals surface area contributed by atoms with Crippen molar-refractivity contribution in [3.8, 4) is 0 Å². The maximum atomic E-state index is 12.9. The first-order valence-corrected chi connectivity index (χ1v) is 12.6. The van der Waals surface area contributed by atoms with E-state index in [9.17, 15) is 18.0 Å². The summed E-state index contributed by atoms with van der Waals surface area (Å²) in [7, 11) is -2.49. The lowest BCUT2D eigenvalue weighted by Crippen LogP contribution is -2.35. The van der Waals surface area contributed by atoms with Gasteiger partial charge < -0.3 is 4.74 Å². The number of nitrogens with zero attached hydrogens (tertiary/aromatic N) is 3. The summed E-state index contributed by atoms with van der Waals surface area (Å²) in [6, 6.07) is 4.11. The number of hydrogen-bond acceptors (Lipinski definition) is 9. The van der Waals surface area contributed by atoms with Gasteiger partial charge in [0.2, 0.25) is 15.2 Å². The van der Waals surface area contributed by atoms with Crippen molar-refractivity contribution >= 4 is 61.7 Å². The molecular weight excluding hydrogens is 472 g/mol. The molecule has 162 valence electrons. The fourth-order valence-electron chi connectivity index (χ4n) is 2.75. The molecular formula is C17H19ClN4O5S3. The largest absolute Gasteiger partial charge is 0.468 e. The molecule has 2 aromatic rings. The lowest BCUT2D eigenvalue weighted by atomic mass is 10.2. The zero-order valence-corrected chi connectivity index (χ0v) is 19.2. The number of thioether (sulfide) groups is 1. The van der Waals surface area contributed by atoms with Gasteiger partial charge in [0.1, 0.15) is 4.90 Å². The molecule has 13 heteroatoms. The third-order valence-electron chi connectivity index (χ3n) is 4.29. The Kier molecular flexibility index (Phi) is 7.69. The highest BCUT2D eigenvalue weighted by Gasteiger charge is 2.29. The number of aromatic nitrogens is 2. The van der Waals surface area contributed by atoms with Gasteiger partial charge >= 0.3 is 5.97 Å². The van der Waals surface area contributed by atoms with Crippen molar-refractivity contribution in [2.24, 2.45) is 0 Å². The van der Waals surface area contributed by atoms with E-state index in [0.29, 0.717) is 17.4 Å². The second-order valence-electron chi connectivity index (χ2n) is 6.30. The van der Waals surface area contributed by atoms with Gasteiger partial charge in [0.25, 0.3) is 5.91 Å². The van der Waals surface area contributed by atoms with Gasteiger partial charge in [0, 0.05) is 18.7 Å². The number of nitrogens with one attached hydrogen (secondary N) is 1. The minimum atomic E-state index is -3.79. The molecule has 0 bridgehead atoms. The molecule has 0 atom stereocenters. The van der Waals surface area contributed by atoms with Gasteiger partial charge in [-0.15, -0.1) is 10.2 Å². The Balaban J connectivity index is 1.73. The van der Waals surface area contributed by atoms with Crippen LogP contribution in [0.3, 0.4) is 0 Å². The number of benzene rings is 1. The quantitative estimate of drug-likeness (QED) is 0.357. The third-order valence-corrected chi connectivity index (χ3v) is 8.62. The van der Waals surface area contributed by atoms with Crippen LogP contribution >= 0.6 is 34.7 Å². The number of esters is 1. The van der Waals surface area contributed by atoms with Crippen molar-refractivity contribution in [2.45, 2.75) is 28.5 Å². The summed E-state index contributed by atoms with van der Waals surface area (Å²) in [6.45, 7) is 0.873. The molecule has 0 aliphatic carbocycles. The lowest BCUT2D eigenvalue weighted by Gasteiger charge is -2.26. The maximum Gasteiger partial charge on any atom is 0.316 e. The van der Waals surface area contributed by atoms with Gasteiger partial charge in [-0.1, -0.05) is 41.1 Å². The molecule has 3 rings (SSSR count). The monoisotopic (exact) mass is 490 g/mol. The number of piperidine rings is 1. The Morgan fingerprint density at radius 2 is 2.00 bits per heavy atom. The number of carbonyl (C=O) groups is 2. The number of anilines is 1. The summed E-state index contributed by atoms with van der Waals surface area (Å²) in [5, 5.41) is 10.6. The molecule has 9 nitrogen and oxygen atoms in total. The minimum absolute atomic E-state index is 0.0644. The van der Waals surface area contributed by atoms with E-state index in [2.05, 4.69) is 20.3 Å². The molecule has 1 aliphatic rings. The van der Waals surface area contributed by atoms with E-state index in [4.69, 9.17) is 11.6 Å². The molecule has 1 fully saturated rings. The molecule has 1 aromatic carbocycles. The van der Waals surface area contributed by atoms with E-state index in [1.54, 1.807) is 0 Å². The van der Waals surface area contributed by atoms with Gasteiger partial charge in [-0.2, -0.15) is 4.31 Å². The number of rotatable bonds is 7. The van der Waals surface area contributed by atoms with Crippen LogP contribution in [0.5, 0.6) is 0 Å². The highest BCUT2D eigenvalue weighted by atomic mass is 35.5. The fraction of sp³-hybridized carbons (Fsp3) is 0.412. The van der Waals surface area contributed by atoms with Crippen LogP contribution in [0.1, 0.15) is 29.6 Å². The van der Waals surface area contributed by atoms with Gasteiger partial charge in [0.15, 0.2) is 4.34 Å². The molecule has 0 saturated carbocycles. The number of methoxy groups -OCH3 is 1. The zero-order chi connectivity index (χ0) is 21.7. The number of carbonyl (C=O) groups excluding carboxylic acids is 2. The number of ether oxygens (including phenoxy) is 1. The standard InChI is InChI=1S/C17H19ClN4O5S3/c1-27-14(23)10-28-17-21-20-16(29-17)19-15(24)11-5-6-12(18)13(9-11)30(25,26)22-7-3-2-4-8-22/h5-6,9H,2-4,7-8,10H2,1H3,(H,19,20,24). The lowest BCUT2D eigenvalue weighted by molar-refractivity contribution is -0.137. The average molecular weight is 491 g/mol. The van der Waals surface area contributed by atoms with Gasteiger partial charge in [-0.05, 0) is 31.0 Å². The molecule has 0 spiro atoms. The van der Waals surface area contributed by atoms with E-state index in [-0.39, 0.29) is 26.4 Å². The van der Waals surface area contributed by atoms with Crippen molar-refractivity contribution in [1.29, 1.82) is 0 Å². The normalized spacial score (nSPS) is 15.0.